The molecule has 0 saturated heterocycles. The number of hydrogen-bond acceptors (Lipinski definition) is 8. The van der Waals surface area contributed by atoms with Crippen molar-refractivity contribution in [2.75, 3.05) is 7.11 Å². The summed E-state index contributed by atoms with van der Waals surface area (Å²) in [7, 11) is 1.23. The second-order valence-electron chi connectivity index (χ2n) is 8.02. The molecular weight excluding hydrogens is 524 g/mol. The number of alkyl carbamates (subject to hydrolysis) is 1. The molecule has 0 bridgehead atoms. The van der Waals surface area contributed by atoms with E-state index in [1.807, 2.05) is 48.7 Å². The molecule has 2 atom stereocenters. The van der Waals surface area contributed by atoms with Crippen molar-refractivity contribution < 1.29 is 19.2 Å². The van der Waals surface area contributed by atoms with Gasteiger partial charge in [-0.15, -0.1) is 17.8 Å². The molecule has 0 aliphatic rings. The number of nitrogens with one attached hydrogen (secondary N) is 2. The number of non-ortho nitro benzene ring substituents is 1. The third-order valence-corrected chi connectivity index (χ3v) is 7.29. The molecular formula is C27H26N4O5S2. The van der Waals surface area contributed by atoms with Crippen molar-refractivity contribution in [2.45, 2.75) is 31.8 Å². The number of nitro benzene ring substituents is 1. The van der Waals surface area contributed by atoms with E-state index in [9.17, 15) is 19.7 Å². The van der Waals surface area contributed by atoms with E-state index in [1.54, 1.807) is 12.1 Å². The van der Waals surface area contributed by atoms with Crippen LogP contribution in [-0.4, -0.2) is 35.1 Å². The normalized spacial score (nSPS) is 12.6. The third-order valence-electron chi connectivity index (χ3n) is 5.50. The molecule has 1 heterocycles. The monoisotopic (exact) mass is 550 g/mol. The number of terminal acetylenes is 1. The minimum Gasteiger partial charge on any atom is -0.453 e. The van der Waals surface area contributed by atoms with Gasteiger partial charge >= 0.3 is 6.09 Å². The number of nitrogens with zero attached hydrogens (tertiary/aromatic N) is 2. The van der Waals surface area contributed by atoms with Gasteiger partial charge in [-0.05, 0) is 41.5 Å². The maximum atomic E-state index is 13.5. The molecule has 0 unspecified atom stereocenters. The van der Waals surface area contributed by atoms with Crippen LogP contribution in [0.5, 0.6) is 0 Å². The summed E-state index contributed by atoms with van der Waals surface area (Å²) < 4.78 is 4.73. The van der Waals surface area contributed by atoms with Gasteiger partial charge in [-0.3, -0.25) is 14.9 Å². The number of carbonyl (C=O) groups excluding carboxylic acids is 2. The number of methoxy groups -OCH3 is 1. The Morgan fingerprint density at radius 1 is 1.16 bits per heavy atom. The van der Waals surface area contributed by atoms with E-state index in [-0.39, 0.29) is 12.1 Å². The molecule has 0 aliphatic heterocycles. The van der Waals surface area contributed by atoms with Crippen molar-refractivity contribution in [3.63, 3.8) is 0 Å². The summed E-state index contributed by atoms with van der Waals surface area (Å²) in [6.45, 7) is 1.86. The van der Waals surface area contributed by atoms with Crippen LogP contribution in [0.2, 0.25) is 0 Å². The first-order valence-corrected chi connectivity index (χ1v) is 13.2. The molecule has 1 aromatic heterocycles. The van der Waals surface area contributed by atoms with E-state index < -0.39 is 29.0 Å². The summed E-state index contributed by atoms with van der Waals surface area (Å²) in [5.41, 5.74) is 2.20. The Bertz CT molecular complexity index is 1330. The first-order chi connectivity index (χ1) is 18.3. The van der Waals surface area contributed by atoms with Crippen LogP contribution in [0, 0.1) is 21.8 Å². The van der Waals surface area contributed by atoms with E-state index in [4.69, 9.17) is 16.1 Å². The van der Waals surface area contributed by atoms with Gasteiger partial charge in [0.2, 0.25) is 5.91 Å². The highest BCUT2D eigenvalue weighted by Crippen LogP contribution is 2.31. The van der Waals surface area contributed by atoms with Gasteiger partial charge in [0, 0.05) is 23.9 Å². The smallest absolute Gasteiger partial charge is 0.407 e. The Morgan fingerprint density at radius 2 is 1.84 bits per heavy atom. The average molecular weight is 551 g/mol. The SMILES string of the molecule is C#CS/C(=C\C)c1nc([C@H](Cc2ccc([N+](=O)[O-])cc2)NC(=O)[C@@H](Cc2ccccc2)NC(=O)OC)cs1. The first kappa shape index (κ1) is 28.4. The highest BCUT2D eigenvalue weighted by molar-refractivity contribution is 8.12. The summed E-state index contributed by atoms with van der Waals surface area (Å²) in [6.07, 6.45) is 7.16. The lowest BCUT2D eigenvalue weighted by molar-refractivity contribution is -0.384. The molecule has 2 aromatic carbocycles. The Balaban J connectivity index is 1.90. The molecule has 3 aromatic rings. The van der Waals surface area contributed by atoms with Gasteiger partial charge in [-0.2, -0.15) is 0 Å². The number of thiazole rings is 1. The number of rotatable bonds is 11. The maximum absolute atomic E-state index is 13.5. The topological polar surface area (TPSA) is 123 Å². The molecule has 11 heteroatoms. The summed E-state index contributed by atoms with van der Waals surface area (Å²) >= 11 is 2.61. The van der Waals surface area contributed by atoms with E-state index in [0.29, 0.717) is 17.1 Å². The molecule has 0 radical (unpaired) electrons. The molecule has 3 rings (SSSR count). The van der Waals surface area contributed by atoms with Crippen LogP contribution in [0.1, 0.15) is 34.8 Å². The number of aromatic nitrogens is 1. The van der Waals surface area contributed by atoms with Crippen molar-refractivity contribution in [3.8, 4) is 11.7 Å². The molecule has 9 nitrogen and oxygen atoms in total. The van der Waals surface area contributed by atoms with Crippen LogP contribution < -0.4 is 10.6 Å². The second-order valence-corrected chi connectivity index (χ2v) is 9.76. The van der Waals surface area contributed by atoms with E-state index in [1.165, 1.54) is 42.3 Å². The van der Waals surface area contributed by atoms with Gasteiger partial charge in [0.1, 0.15) is 11.0 Å². The number of allylic oxidation sites excluding steroid dienone is 1. The fraction of sp³-hybridized carbons (Fsp3) is 0.222. The molecule has 0 spiro atoms. The van der Waals surface area contributed by atoms with Gasteiger partial charge in [-0.1, -0.05) is 48.5 Å². The maximum Gasteiger partial charge on any atom is 0.407 e. The van der Waals surface area contributed by atoms with Gasteiger partial charge in [0.25, 0.3) is 5.69 Å². The summed E-state index contributed by atoms with van der Waals surface area (Å²) in [4.78, 5) is 41.6. The predicted molar refractivity (Wildman–Crippen MR) is 149 cm³/mol. The quantitative estimate of drug-likeness (QED) is 0.193. The second kappa shape index (κ2) is 14.0. The molecule has 2 amide bonds. The number of ether oxygens (including phenoxy) is 1. The molecule has 2 N–H and O–H groups in total. The number of amides is 2. The molecule has 38 heavy (non-hydrogen) atoms. The fourth-order valence-electron chi connectivity index (χ4n) is 3.60. The largest absolute Gasteiger partial charge is 0.453 e. The number of thioether (sulfide) groups is 1. The van der Waals surface area contributed by atoms with Gasteiger partial charge in [0.15, 0.2) is 0 Å². The molecule has 196 valence electrons. The molecule has 0 fully saturated rings. The van der Waals surface area contributed by atoms with Crippen molar-refractivity contribution in [1.82, 2.24) is 15.6 Å². The van der Waals surface area contributed by atoms with Crippen LogP contribution >= 0.6 is 23.1 Å². The number of carbonyl (C=O) groups is 2. The van der Waals surface area contributed by atoms with E-state index >= 15 is 0 Å². The minimum atomic E-state index is -0.912. The minimum absolute atomic E-state index is 0.0282. The Labute approximate surface area is 228 Å². The lowest BCUT2D eigenvalue weighted by Crippen LogP contribution is -2.49. The standard InChI is InChI=1S/C27H26N4O5S2/c1-4-24(37-5-2)26-29-23(17-38-26)21(15-19-11-13-20(14-12-19)31(34)35)28-25(32)22(30-27(33)36-3)16-18-9-7-6-8-10-18/h2,4,6-14,17,21-22H,15-16H2,1,3H3,(H,28,32)(H,30,33)/b24-4-/t21-,22+/m0/s1. The van der Waals surface area contributed by atoms with E-state index in [0.717, 1.165) is 16.0 Å². The van der Waals surface area contributed by atoms with Crippen LogP contribution in [0.15, 0.2) is 66.1 Å². The Hall–Kier alpha value is -4.14. The van der Waals surface area contributed by atoms with E-state index in [2.05, 4.69) is 15.9 Å². The summed E-state index contributed by atoms with van der Waals surface area (Å²) in [6, 6.07) is 13.9. The van der Waals surface area contributed by atoms with Gasteiger partial charge < -0.3 is 15.4 Å². The highest BCUT2D eigenvalue weighted by atomic mass is 32.2. The van der Waals surface area contributed by atoms with Crippen LogP contribution in [0.25, 0.3) is 4.91 Å². The molecule has 0 aliphatic carbocycles. The summed E-state index contributed by atoms with van der Waals surface area (Å²) in [5, 5.41) is 21.8. The van der Waals surface area contributed by atoms with Gasteiger partial charge in [0.05, 0.1) is 28.7 Å². The lowest BCUT2D eigenvalue weighted by Gasteiger charge is -2.23. The Kier molecular flexibility index (Phi) is 10.5. The van der Waals surface area contributed by atoms with Crippen molar-refractivity contribution in [3.05, 3.63) is 98.0 Å². The molecule has 0 saturated carbocycles. The van der Waals surface area contributed by atoms with Crippen LogP contribution in [0.3, 0.4) is 0 Å². The number of nitro groups is 1. The first-order valence-electron chi connectivity index (χ1n) is 11.5. The number of hydrogen-bond donors (Lipinski definition) is 2. The van der Waals surface area contributed by atoms with Gasteiger partial charge in [-0.25, -0.2) is 9.78 Å². The average Bonchev–Trinajstić information content (AvgIpc) is 3.41. The van der Waals surface area contributed by atoms with Crippen molar-refractivity contribution in [1.29, 1.82) is 0 Å². The Morgan fingerprint density at radius 3 is 2.45 bits per heavy atom. The zero-order valence-electron chi connectivity index (χ0n) is 20.7. The summed E-state index contributed by atoms with van der Waals surface area (Å²) in [5.74, 6) is -0.426. The zero-order valence-corrected chi connectivity index (χ0v) is 22.4. The van der Waals surface area contributed by atoms with Crippen LogP contribution in [-0.2, 0) is 22.4 Å². The fourth-order valence-corrected chi connectivity index (χ4v) is 5.09. The number of benzene rings is 2. The predicted octanol–water partition coefficient (Wildman–Crippen LogP) is 5.10. The van der Waals surface area contributed by atoms with Crippen molar-refractivity contribution >= 4 is 45.7 Å². The lowest BCUT2D eigenvalue weighted by atomic mass is 10.0. The third kappa shape index (κ3) is 7.93. The zero-order chi connectivity index (χ0) is 27.5. The highest BCUT2D eigenvalue weighted by Gasteiger charge is 2.26. The van der Waals surface area contributed by atoms with Crippen LogP contribution in [0.4, 0.5) is 10.5 Å². The van der Waals surface area contributed by atoms with Crippen molar-refractivity contribution in [2.24, 2.45) is 0 Å².